The average molecular weight is 1300 g/mol. The number of cyclic esters (lactones) is 1. The van der Waals surface area contributed by atoms with Crippen molar-refractivity contribution in [2.45, 2.75) is 193 Å². The Kier molecular flexibility index (Phi) is 38.2. The summed E-state index contributed by atoms with van der Waals surface area (Å²) < 4.78 is 74.3. The van der Waals surface area contributed by atoms with E-state index in [1.807, 2.05) is 65.0 Å². The normalized spacial score (nSPS) is 33.0. The average Bonchev–Trinajstić information content (AvgIpc) is 1.05. The highest BCUT2D eigenvalue weighted by molar-refractivity contribution is 6.39. The summed E-state index contributed by atoms with van der Waals surface area (Å²) in [5.41, 5.74) is 1.29. The Hall–Kier alpha value is -4.05. The van der Waals surface area contributed by atoms with Crippen molar-refractivity contribution in [1.29, 1.82) is 0 Å². The van der Waals surface area contributed by atoms with Gasteiger partial charge in [0.2, 0.25) is 5.79 Å². The number of amides is 2. The number of ketones is 2. The molecule has 23 heteroatoms. The van der Waals surface area contributed by atoms with Crippen LogP contribution in [0.15, 0.2) is 47.6 Å². The maximum atomic E-state index is 14.7. The Bertz CT molecular complexity index is 2250. The van der Waals surface area contributed by atoms with Crippen molar-refractivity contribution in [2.24, 2.45) is 35.5 Å². The third-order valence-corrected chi connectivity index (χ3v) is 17.8. The molecule has 4 rings (SSSR count). The van der Waals surface area contributed by atoms with E-state index in [0.717, 1.165) is 5.57 Å². The summed E-state index contributed by atoms with van der Waals surface area (Å²) in [6.07, 6.45) is 9.24. The molecule has 3 fully saturated rings. The smallest absolute Gasteiger partial charge is 0.407 e. The fourth-order valence-electron chi connectivity index (χ4n) is 12.2. The van der Waals surface area contributed by atoms with Gasteiger partial charge in [-0.05, 0) is 114 Å². The number of alkyl carbamates (subject to hydrolysis) is 1. The summed E-state index contributed by atoms with van der Waals surface area (Å²) in [5, 5.41) is 38.5. The molecule has 0 aromatic carbocycles. The standard InChI is InChI=1S/C68H114N2O21/c1-12-82-28-29-84-32-33-86-36-37-88-39-38-87-35-34-85-31-30-83-27-25-69-67(77)90-57-24-22-53(43-60(57)80-10)42-49(5)59-45-56(71)48(4)41-51(7)62(73)63(81-11)61(72)50(6)40-46(2)18-14-13-15-19-47(3)58(79-9)44-54-23-21-52(8)68(78,91-54)64(74)65(75)70-26-17-16-20-55(70)66(76)89-59/h13-15,18-19,41,46,48-50,52-60,62-63,71,73,78H,12,16-17,20-40,42-45H2,1-11H3,(H,69,77)/b15-13+,18-14+,47-19+,51-41+/t46-,48-,49-,50-,52-,53+,54+,55+,56-,57?,58?,59+,60-,62-,63+,68-/m1/s1. The molecule has 91 heavy (non-hydrogen) atoms. The summed E-state index contributed by atoms with van der Waals surface area (Å²) in [6, 6.07) is -1.17. The Morgan fingerprint density at radius 1 is 0.703 bits per heavy atom. The monoisotopic (exact) mass is 1290 g/mol. The van der Waals surface area contributed by atoms with Gasteiger partial charge >= 0.3 is 12.1 Å². The van der Waals surface area contributed by atoms with Gasteiger partial charge in [-0.15, -0.1) is 0 Å². The summed E-state index contributed by atoms with van der Waals surface area (Å²) >= 11 is 0. The van der Waals surface area contributed by atoms with Crippen molar-refractivity contribution in [3.8, 4) is 0 Å². The highest BCUT2D eigenvalue weighted by atomic mass is 16.6. The summed E-state index contributed by atoms with van der Waals surface area (Å²) in [4.78, 5) is 71.7. The second kappa shape index (κ2) is 43.8. The molecule has 2 unspecified atom stereocenters. The first-order chi connectivity index (χ1) is 43.7. The molecular formula is C68H114N2O21. The number of carbonyl (C=O) groups excluding carboxylic acids is 5. The zero-order valence-corrected chi connectivity index (χ0v) is 56.6. The van der Waals surface area contributed by atoms with Crippen molar-refractivity contribution in [3.63, 3.8) is 0 Å². The predicted molar refractivity (Wildman–Crippen MR) is 340 cm³/mol. The number of aliphatic hydroxyl groups excluding tert-OH is 2. The highest BCUT2D eigenvalue weighted by Gasteiger charge is 2.53. The van der Waals surface area contributed by atoms with Gasteiger partial charge in [0, 0.05) is 71.6 Å². The van der Waals surface area contributed by atoms with E-state index in [2.05, 4.69) is 5.32 Å². The van der Waals surface area contributed by atoms with Crippen LogP contribution in [0.2, 0.25) is 0 Å². The zero-order chi connectivity index (χ0) is 66.7. The fraction of sp³-hybridized carbons (Fsp3) is 0.809. The Morgan fingerprint density at radius 3 is 1.91 bits per heavy atom. The molecule has 0 aromatic rings. The van der Waals surface area contributed by atoms with E-state index < -0.39 is 102 Å². The SMILES string of the molecule is CCOCCOCCOCCOCCOCCOCCOCCNC(=O)OC1CC[C@@H](C[C@@H](C)[C@@H]2C[C@@H](O)[C@H](C)/C=C(\C)[C@@H](O)[C@@H](OC)C(=O)[C@H](C)C[C@H](C)/C=C/C=C/C=C(\C)C(OC)C[C@@H]3CC[C@@H](C)[C@@](O)(O3)C(=O)C(=O)N3CCCC[C@H]3C(=O)O2)C[C@H]1OC. The van der Waals surface area contributed by atoms with Gasteiger partial charge in [0.15, 0.2) is 5.78 Å². The molecule has 3 heterocycles. The number of nitrogens with zero attached hydrogens (tertiary/aromatic N) is 1. The third kappa shape index (κ3) is 27.7. The first-order valence-electron chi connectivity index (χ1n) is 33.3. The molecular weight excluding hydrogens is 1180 g/mol. The van der Waals surface area contributed by atoms with E-state index in [1.54, 1.807) is 41.1 Å². The summed E-state index contributed by atoms with van der Waals surface area (Å²) in [6.45, 7) is 21.4. The maximum absolute atomic E-state index is 14.7. The lowest BCUT2D eigenvalue weighted by Crippen LogP contribution is -2.61. The Labute approximate surface area is 541 Å². The van der Waals surface area contributed by atoms with Gasteiger partial charge in [-0.25, -0.2) is 9.59 Å². The minimum Gasteiger partial charge on any atom is -0.460 e. The molecule has 2 amide bonds. The second-order valence-electron chi connectivity index (χ2n) is 25.0. The van der Waals surface area contributed by atoms with E-state index in [-0.39, 0.29) is 56.1 Å². The van der Waals surface area contributed by atoms with Crippen molar-refractivity contribution >= 4 is 29.5 Å². The largest absolute Gasteiger partial charge is 0.460 e. The minimum absolute atomic E-state index is 0.00298. The molecule has 16 atom stereocenters. The number of carbonyl (C=O) groups is 5. The number of nitrogens with one attached hydrogen (secondary N) is 1. The van der Waals surface area contributed by atoms with Crippen LogP contribution in [0.25, 0.3) is 0 Å². The predicted octanol–water partition coefficient (Wildman–Crippen LogP) is 6.84. The molecule has 4 N–H and O–H groups in total. The lowest BCUT2D eigenvalue weighted by atomic mass is 9.78. The van der Waals surface area contributed by atoms with Crippen LogP contribution in [-0.2, 0) is 80.8 Å². The first-order valence-corrected chi connectivity index (χ1v) is 33.3. The van der Waals surface area contributed by atoms with Crippen molar-refractivity contribution in [2.75, 3.05) is 127 Å². The number of hydrogen-bond donors (Lipinski definition) is 4. The molecule has 0 spiro atoms. The van der Waals surface area contributed by atoms with E-state index in [4.69, 9.17) is 61.6 Å². The third-order valence-electron chi connectivity index (χ3n) is 17.8. The second-order valence-corrected chi connectivity index (χ2v) is 25.0. The van der Waals surface area contributed by atoms with Gasteiger partial charge < -0.3 is 87.1 Å². The van der Waals surface area contributed by atoms with Gasteiger partial charge in [-0.1, -0.05) is 71.1 Å². The number of fused-ring (bicyclic) bond motifs is 3. The summed E-state index contributed by atoms with van der Waals surface area (Å²) in [7, 11) is 4.53. The van der Waals surface area contributed by atoms with Crippen LogP contribution < -0.4 is 5.32 Å². The number of allylic oxidation sites excluding steroid dienone is 5. The van der Waals surface area contributed by atoms with Gasteiger partial charge in [0.1, 0.15) is 30.5 Å². The molecule has 0 radical (unpaired) electrons. The number of hydrogen-bond acceptors (Lipinski definition) is 21. The first kappa shape index (κ1) is 79.4. The van der Waals surface area contributed by atoms with Crippen LogP contribution in [0.5, 0.6) is 0 Å². The van der Waals surface area contributed by atoms with Crippen LogP contribution in [0.1, 0.15) is 132 Å². The van der Waals surface area contributed by atoms with Crippen LogP contribution in [0.3, 0.4) is 0 Å². The zero-order valence-electron chi connectivity index (χ0n) is 56.6. The molecule has 1 saturated carbocycles. The number of aliphatic hydroxyl groups is 3. The summed E-state index contributed by atoms with van der Waals surface area (Å²) in [5.74, 6) is -7.79. The highest BCUT2D eigenvalue weighted by Crippen LogP contribution is 2.38. The number of methoxy groups -OCH3 is 3. The van der Waals surface area contributed by atoms with Crippen LogP contribution in [0, 0.1) is 35.5 Å². The molecule has 522 valence electrons. The van der Waals surface area contributed by atoms with Crippen molar-refractivity contribution in [3.05, 3.63) is 47.6 Å². The molecule has 0 aromatic heterocycles. The van der Waals surface area contributed by atoms with Crippen LogP contribution >= 0.6 is 0 Å². The molecule has 3 aliphatic heterocycles. The maximum Gasteiger partial charge on any atom is 0.407 e. The van der Waals surface area contributed by atoms with E-state index in [1.165, 1.54) is 12.0 Å². The van der Waals surface area contributed by atoms with Gasteiger partial charge in [0.05, 0.1) is 110 Å². The number of piperidine rings is 1. The van der Waals surface area contributed by atoms with E-state index >= 15 is 0 Å². The molecule has 4 aliphatic rings. The lowest BCUT2D eigenvalue weighted by Gasteiger charge is -2.43. The minimum atomic E-state index is -2.46. The topological polar surface area (TPSA) is 281 Å². The van der Waals surface area contributed by atoms with E-state index in [9.17, 15) is 39.3 Å². The fourth-order valence-corrected chi connectivity index (χ4v) is 12.2. The number of rotatable bonds is 29. The van der Waals surface area contributed by atoms with Crippen molar-refractivity contribution in [1.82, 2.24) is 10.2 Å². The van der Waals surface area contributed by atoms with E-state index in [0.29, 0.717) is 156 Å². The van der Waals surface area contributed by atoms with Crippen LogP contribution in [0.4, 0.5) is 4.79 Å². The van der Waals surface area contributed by atoms with Crippen molar-refractivity contribution < 1.29 is 101 Å². The quantitative estimate of drug-likeness (QED) is 0.0258. The Morgan fingerprint density at radius 2 is 1.32 bits per heavy atom. The lowest BCUT2D eigenvalue weighted by molar-refractivity contribution is -0.265. The molecule has 2 saturated heterocycles. The van der Waals surface area contributed by atoms with Crippen LogP contribution in [-0.4, -0.2) is 237 Å². The Balaban J connectivity index is 1.38. The van der Waals surface area contributed by atoms with Gasteiger partial charge in [0.25, 0.3) is 11.7 Å². The molecule has 1 aliphatic carbocycles. The number of esters is 1. The molecule has 23 nitrogen and oxygen atoms in total. The number of Topliss-reactive ketones (excluding diaryl/α,β-unsaturated/α-hetero) is 2. The number of ether oxygens (including phenoxy) is 13. The van der Waals surface area contributed by atoms with Gasteiger partial charge in [-0.3, -0.25) is 14.4 Å². The van der Waals surface area contributed by atoms with Gasteiger partial charge in [-0.2, -0.15) is 0 Å². The molecule has 2 bridgehead atoms.